The first kappa shape index (κ1) is 18.5. The normalized spacial score (nSPS) is 13.8. The quantitative estimate of drug-likeness (QED) is 0.808. The first-order valence-corrected chi connectivity index (χ1v) is 8.88. The Balaban J connectivity index is 1.70. The van der Waals surface area contributed by atoms with E-state index >= 15 is 0 Å². The molecule has 0 aliphatic carbocycles. The molecule has 1 fully saturated rings. The average Bonchev–Trinajstić information content (AvgIpc) is 2.73. The number of carbonyl (C=O) groups excluding carboxylic acids is 1. The Kier molecular flexibility index (Phi) is 5.77. The third-order valence-electron chi connectivity index (χ3n) is 4.48. The van der Waals surface area contributed by atoms with Gasteiger partial charge in [0.25, 0.3) is 5.91 Å². The number of anilines is 1. The molecule has 1 saturated heterocycles. The van der Waals surface area contributed by atoms with E-state index in [0.29, 0.717) is 61.2 Å². The molecular weight excluding hydrogens is 344 g/mol. The maximum absolute atomic E-state index is 12.9. The van der Waals surface area contributed by atoms with E-state index in [4.69, 9.17) is 9.47 Å². The van der Waals surface area contributed by atoms with Gasteiger partial charge in [0.1, 0.15) is 11.9 Å². The van der Waals surface area contributed by atoms with Crippen LogP contribution in [-0.2, 0) is 0 Å². The van der Waals surface area contributed by atoms with Crippen molar-refractivity contribution in [3.63, 3.8) is 0 Å². The molecule has 1 aliphatic heterocycles. The van der Waals surface area contributed by atoms with Gasteiger partial charge in [-0.05, 0) is 37.3 Å². The SMILES string of the molecule is CCOc1cc(C(=O)N2CCN(c3ncccc3C#N)CC2)ccc1OC. The van der Waals surface area contributed by atoms with Crippen molar-refractivity contribution in [2.24, 2.45) is 0 Å². The van der Waals surface area contributed by atoms with Gasteiger partial charge in [0.2, 0.25) is 0 Å². The van der Waals surface area contributed by atoms with Gasteiger partial charge in [-0.15, -0.1) is 0 Å². The Labute approximate surface area is 158 Å². The fourth-order valence-electron chi connectivity index (χ4n) is 3.12. The molecule has 2 aromatic rings. The van der Waals surface area contributed by atoms with Crippen molar-refractivity contribution in [1.82, 2.24) is 9.88 Å². The van der Waals surface area contributed by atoms with Crippen LogP contribution in [0.5, 0.6) is 11.5 Å². The Morgan fingerprint density at radius 2 is 2.00 bits per heavy atom. The third kappa shape index (κ3) is 3.95. The van der Waals surface area contributed by atoms with Crippen molar-refractivity contribution in [3.05, 3.63) is 47.7 Å². The number of nitrogens with zero attached hydrogens (tertiary/aromatic N) is 4. The van der Waals surface area contributed by atoms with Crippen molar-refractivity contribution in [2.45, 2.75) is 6.92 Å². The van der Waals surface area contributed by atoms with Crippen molar-refractivity contribution in [2.75, 3.05) is 44.8 Å². The molecular formula is C20H22N4O3. The third-order valence-corrected chi connectivity index (χ3v) is 4.48. The van der Waals surface area contributed by atoms with Crippen LogP contribution in [0.3, 0.4) is 0 Å². The molecule has 0 saturated carbocycles. The average molecular weight is 366 g/mol. The van der Waals surface area contributed by atoms with Crippen LogP contribution in [0, 0.1) is 11.3 Å². The van der Waals surface area contributed by atoms with Crippen LogP contribution in [0.2, 0.25) is 0 Å². The van der Waals surface area contributed by atoms with E-state index in [-0.39, 0.29) is 5.91 Å². The zero-order valence-corrected chi connectivity index (χ0v) is 15.5. The Morgan fingerprint density at radius 3 is 2.67 bits per heavy atom. The van der Waals surface area contributed by atoms with Gasteiger partial charge in [-0.25, -0.2) is 4.98 Å². The summed E-state index contributed by atoms with van der Waals surface area (Å²) in [5, 5.41) is 9.25. The summed E-state index contributed by atoms with van der Waals surface area (Å²) >= 11 is 0. The highest BCUT2D eigenvalue weighted by molar-refractivity contribution is 5.95. The molecule has 0 N–H and O–H groups in total. The van der Waals surface area contributed by atoms with Gasteiger partial charge in [0.15, 0.2) is 11.5 Å². The molecule has 1 amide bonds. The van der Waals surface area contributed by atoms with Crippen molar-refractivity contribution >= 4 is 11.7 Å². The van der Waals surface area contributed by atoms with Crippen LogP contribution in [-0.4, -0.2) is 55.7 Å². The van der Waals surface area contributed by atoms with Crippen LogP contribution < -0.4 is 14.4 Å². The Morgan fingerprint density at radius 1 is 1.22 bits per heavy atom. The van der Waals surface area contributed by atoms with Gasteiger partial charge in [-0.1, -0.05) is 0 Å². The summed E-state index contributed by atoms with van der Waals surface area (Å²) in [5.74, 6) is 1.81. The fraction of sp³-hybridized carbons (Fsp3) is 0.350. The van der Waals surface area contributed by atoms with E-state index in [1.165, 1.54) is 0 Å². The van der Waals surface area contributed by atoms with E-state index in [9.17, 15) is 10.1 Å². The number of piperazine rings is 1. The lowest BCUT2D eigenvalue weighted by atomic mass is 10.1. The molecule has 0 spiro atoms. The van der Waals surface area contributed by atoms with Gasteiger partial charge in [0.05, 0.1) is 19.3 Å². The lowest BCUT2D eigenvalue weighted by molar-refractivity contribution is 0.0746. The molecule has 3 rings (SSSR count). The summed E-state index contributed by atoms with van der Waals surface area (Å²) in [6, 6.07) is 10.9. The number of methoxy groups -OCH3 is 1. The van der Waals surface area contributed by atoms with Crippen LogP contribution in [0.15, 0.2) is 36.5 Å². The summed E-state index contributed by atoms with van der Waals surface area (Å²) in [6.07, 6.45) is 1.68. The van der Waals surface area contributed by atoms with E-state index in [1.54, 1.807) is 43.6 Å². The predicted molar refractivity (Wildman–Crippen MR) is 101 cm³/mol. The second kappa shape index (κ2) is 8.41. The number of rotatable bonds is 5. The lowest BCUT2D eigenvalue weighted by Crippen LogP contribution is -2.49. The number of aromatic nitrogens is 1. The van der Waals surface area contributed by atoms with E-state index < -0.39 is 0 Å². The molecule has 140 valence electrons. The van der Waals surface area contributed by atoms with Gasteiger partial charge < -0.3 is 19.3 Å². The topological polar surface area (TPSA) is 78.7 Å². The number of pyridine rings is 1. The van der Waals surface area contributed by atoms with E-state index in [1.807, 2.05) is 16.7 Å². The fourth-order valence-corrected chi connectivity index (χ4v) is 3.12. The van der Waals surface area contributed by atoms with Crippen LogP contribution in [0.4, 0.5) is 5.82 Å². The highest BCUT2D eigenvalue weighted by Gasteiger charge is 2.24. The van der Waals surface area contributed by atoms with Gasteiger partial charge in [-0.3, -0.25) is 4.79 Å². The molecule has 1 aliphatic rings. The largest absolute Gasteiger partial charge is 0.493 e. The molecule has 2 heterocycles. The maximum atomic E-state index is 12.9. The molecule has 1 aromatic heterocycles. The number of nitriles is 1. The molecule has 1 aromatic carbocycles. The molecule has 7 nitrogen and oxygen atoms in total. The van der Waals surface area contributed by atoms with Crippen LogP contribution in [0.25, 0.3) is 0 Å². The van der Waals surface area contributed by atoms with E-state index in [0.717, 1.165) is 0 Å². The molecule has 0 bridgehead atoms. The minimum absolute atomic E-state index is 0.0419. The molecule has 0 unspecified atom stereocenters. The summed E-state index contributed by atoms with van der Waals surface area (Å²) in [4.78, 5) is 21.0. The smallest absolute Gasteiger partial charge is 0.254 e. The number of hydrogen-bond donors (Lipinski definition) is 0. The lowest BCUT2D eigenvalue weighted by Gasteiger charge is -2.35. The zero-order chi connectivity index (χ0) is 19.2. The summed E-state index contributed by atoms with van der Waals surface area (Å²) in [7, 11) is 1.58. The first-order chi connectivity index (χ1) is 13.2. The zero-order valence-electron chi connectivity index (χ0n) is 15.5. The van der Waals surface area contributed by atoms with Crippen molar-refractivity contribution in [1.29, 1.82) is 5.26 Å². The van der Waals surface area contributed by atoms with Crippen LogP contribution >= 0.6 is 0 Å². The monoisotopic (exact) mass is 366 g/mol. The number of benzene rings is 1. The Hall–Kier alpha value is -3.27. The molecule has 0 atom stereocenters. The maximum Gasteiger partial charge on any atom is 0.254 e. The molecule has 7 heteroatoms. The standard InChI is InChI=1S/C20H22N4O3/c1-3-27-18-13-15(6-7-17(18)26-2)20(25)24-11-9-23(10-12-24)19-16(14-21)5-4-8-22-19/h4-8,13H,3,9-12H2,1-2H3. The van der Waals surface area contributed by atoms with Gasteiger partial charge in [0, 0.05) is 37.9 Å². The summed E-state index contributed by atoms with van der Waals surface area (Å²) in [6.45, 7) is 4.78. The van der Waals surface area contributed by atoms with Crippen LogP contribution in [0.1, 0.15) is 22.8 Å². The first-order valence-electron chi connectivity index (χ1n) is 8.88. The molecule has 0 radical (unpaired) electrons. The summed E-state index contributed by atoms with van der Waals surface area (Å²) < 4.78 is 10.8. The number of hydrogen-bond acceptors (Lipinski definition) is 6. The Bertz CT molecular complexity index is 855. The number of ether oxygens (including phenoxy) is 2. The highest BCUT2D eigenvalue weighted by Crippen LogP contribution is 2.29. The second-order valence-electron chi connectivity index (χ2n) is 6.06. The van der Waals surface area contributed by atoms with Crippen molar-refractivity contribution in [3.8, 4) is 17.6 Å². The van der Waals surface area contributed by atoms with Crippen molar-refractivity contribution < 1.29 is 14.3 Å². The molecule has 27 heavy (non-hydrogen) atoms. The van der Waals surface area contributed by atoms with Gasteiger partial charge in [-0.2, -0.15) is 5.26 Å². The minimum atomic E-state index is -0.0419. The second-order valence-corrected chi connectivity index (χ2v) is 6.06. The minimum Gasteiger partial charge on any atom is -0.493 e. The van der Waals surface area contributed by atoms with E-state index in [2.05, 4.69) is 11.1 Å². The summed E-state index contributed by atoms with van der Waals surface area (Å²) in [5.41, 5.74) is 1.12. The van der Waals surface area contributed by atoms with Gasteiger partial charge >= 0.3 is 0 Å². The number of carbonyl (C=O) groups is 1. The predicted octanol–water partition coefficient (Wildman–Crippen LogP) is 2.32. The highest BCUT2D eigenvalue weighted by atomic mass is 16.5. The number of amides is 1.